The molecular formula is C126H100N16. The first-order chi connectivity index (χ1) is 69.5. The van der Waals surface area contributed by atoms with Crippen LogP contribution in [0.5, 0.6) is 0 Å². The zero-order valence-corrected chi connectivity index (χ0v) is 80.7. The summed E-state index contributed by atoms with van der Waals surface area (Å²) in [5.41, 5.74) is 34.2. The highest BCUT2D eigenvalue weighted by Crippen LogP contribution is 2.42. The van der Waals surface area contributed by atoms with Gasteiger partial charge in [-0.1, -0.05) is 357 Å². The third kappa shape index (κ3) is 19.2. The molecule has 16 nitrogen and oxygen atoms in total. The topological polar surface area (TPSA) is 206 Å². The molecule has 0 aliphatic rings. The number of benzene rings is 12. The van der Waals surface area contributed by atoms with Crippen LogP contribution in [0.2, 0.25) is 0 Å². The summed E-state index contributed by atoms with van der Waals surface area (Å²) in [6.45, 7) is 21.0. The summed E-state index contributed by atoms with van der Waals surface area (Å²) < 4.78 is 0. The normalized spacial score (nSPS) is 11.4. The van der Waals surface area contributed by atoms with Crippen molar-refractivity contribution >= 4 is 87.2 Å². The maximum absolute atomic E-state index is 5.14. The summed E-state index contributed by atoms with van der Waals surface area (Å²) in [7, 11) is 0. The monoisotopic (exact) mass is 1840 g/mol. The second-order valence-corrected chi connectivity index (χ2v) is 36.3. The van der Waals surface area contributed by atoms with Gasteiger partial charge in [-0.15, -0.1) is 0 Å². The Bertz CT molecular complexity index is 8340. The fraction of sp³-hybridized carbons (Fsp3) is 0.111. The van der Waals surface area contributed by atoms with E-state index in [9.17, 15) is 0 Å². The fourth-order valence-electron chi connectivity index (χ4n) is 18.1. The van der Waals surface area contributed by atoms with Gasteiger partial charge in [-0.25, -0.2) is 39.9 Å². The molecule has 0 bridgehead atoms. The molecule has 24 aromatic rings. The van der Waals surface area contributed by atoms with Crippen LogP contribution in [0.1, 0.15) is 98.9 Å². The molecule has 12 heterocycles. The summed E-state index contributed by atoms with van der Waals surface area (Å²) in [6.07, 6.45) is 1.72. The van der Waals surface area contributed by atoms with E-state index in [1.807, 2.05) is 185 Å². The molecule has 684 valence electrons. The molecule has 12 aromatic heterocycles. The molecule has 0 radical (unpaired) electrons. The maximum atomic E-state index is 5.14. The fourth-order valence-corrected chi connectivity index (χ4v) is 18.1. The number of hydrogen-bond acceptors (Lipinski definition) is 16. The van der Waals surface area contributed by atoms with E-state index in [2.05, 4.69) is 272 Å². The van der Waals surface area contributed by atoms with Gasteiger partial charge in [-0.3, -0.25) is 39.9 Å². The predicted molar refractivity (Wildman–Crippen MR) is 582 cm³/mol. The molecule has 0 N–H and O–H groups in total. The quantitative estimate of drug-likeness (QED) is 0.0825. The molecule has 0 fully saturated rings. The van der Waals surface area contributed by atoms with E-state index in [1.54, 1.807) is 0 Å². The molecule has 0 atom stereocenters. The van der Waals surface area contributed by atoms with Crippen molar-refractivity contribution in [2.75, 3.05) is 0 Å². The Morgan fingerprint density at radius 2 is 0.465 bits per heavy atom. The lowest BCUT2D eigenvalue weighted by molar-refractivity contribution is 0.826. The van der Waals surface area contributed by atoms with Crippen LogP contribution in [-0.4, -0.2) is 79.7 Å². The Balaban J connectivity index is 0.000000112. The predicted octanol–water partition coefficient (Wildman–Crippen LogP) is 30.9. The third-order valence-electron chi connectivity index (χ3n) is 25.6. The van der Waals surface area contributed by atoms with E-state index in [0.717, 1.165) is 247 Å². The lowest BCUT2D eigenvalue weighted by Crippen LogP contribution is -2.03. The van der Waals surface area contributed by atoms with Gasteiger partial charge in [0.05, 0.1) is 78.3 Å². The molecule has 24 rings (SSSR count). The minimum Gasteiger partial charge on any atom is -0.251 e. The minimum absolute atomic E-state index is 0.228. The Hall–Kier alpha value is -17.8. The summed E-state index contributed by atoms with van der Waals surface area (Å²) in [4.78, 5) is 79.7. The van der Waals surface area contributed by atoms with Crippen molar-refractivity contribution in [2.24, 2.45) is 0 Å². The molecule has 0 spiro atoms. The van der Waals surface area contributed by atoms with Crippen molar-refractivity contribution in [3.63, 3.8) is 0 Å². The van der Waals surface area contributed by atoms with Crippen molar-refractivity contribution < 1.29 is 0 Å². The van der Waals surface area contributed by atoms with Crippen molar-refractivity contribution in [2.45, 2.75) is 93.9 Å². The maximum Gasteiger partial charge on any atom is 0.164 e. The highest BCUT2D eigenvalue weighted by atomic mass is 15.0. The number of fused-ring (bicyclic) bond motifs is 12. The van der Waals surface area contributed by atoms with E-state index in [0.29, 0.717) is 35.0 Å². The molecule has 0 aliphatic carbocycles. The van der Waals surface area contributed by atoms with Crippen molar-refractivity contribution in [3.05, 3.63) is 434 Å². The van der Waals surface area contributed by atoms with Crippen LogP contribution < -0.4 is 0 Å². The molecule has 0 saturated carbocycles. The Labute approximate surface area is 824 Å². The van der Waals surface area contributed by atoms with Gasteiger partial charge in [0.1, 0.15) is 0 Å². The van der Waals surface area contributed by atoms with Gasteiger partial charge in [0.25, 0.3) is 0 Å². The van der Waals surface area contributed by atoms with Crippen LogP contribution in [0.3, 0.4) is 0 Å². The molecule has 12 aromatic carbocycles. The number of pyridine rings is 9. The lowest BCUT2D eigenvalue weighted by atomic mass is 9.97. The molecule has 0 unspecified atom stereocenters. The Morgan fingerprint density at radius 1 is 0.176 bits per heavy atom. The molecule has 0 aliphatic heterocycles. The Kier molecular flexibility index (Phi) is 25.6. The van der Waals surface area contributed by atoms with Gasteiger partial charge in [0.15, 0.2) is 29.1 Å². The first-order valence-corrected chi connectivity index (χ1v) is 48.4. The molecule has 0 amide bonds. The van der Waals surface area contributed by atoms with Crippen LogP contribution in [0, 0.1) is 27.7 Å². The van der Waals surface area contributed by atoms with Crippen LogP contribution in [-0.2, 0) is 12.8 Å². The van der Waals surface area contributed by atoms with Crippen LogP contribution in [0.25, 0.3) is 223 Å². The third-order valence-corrected chi connectivity index (χ3v) is 25.6. The largest absolute Gasteiger partial charge is 0.251 e. The van der Waals surface area contributed by atoms with Gasteiger partial charge in [-0.2, -0.15) is 0 Å². The first kappa shape index (κ1) is 90.7. The van der Waals surface area contributed by atoms with E-state index < -0.39 is 0 Å². The van der Waals surface area contributed by atoms with Gasteiger partial charge >= 0.3 is 0 Å². The molecule has 16 heteroatoms. The van der Waals surface area contributed by atoms with Gasteiger partial charge < -0.3 is 0 Å². The molecule has 142 heavy (non-hydrogen) atoms. The van der Waals surface area contributed by atoms with E-state index in [1.165, 1.54) is 5.56 Å². The SMILES string of the molecule is CC(C)c1ccc2ccc3c(-c4nc(-c5ccccc5)nc(-c5ccccc5)n4)cc(C(C)C)nc3c2n1.CCc1ccc2ccc3c(-c4cc(-c5ccccc5)nc(-c5ccccc5)n4)cc(CC)nc3c2n1.Cc1ccc2ccc3c(-c4cc(-c5ccccc5)cc(-c5ccccc5)n4)cc(C)nc3c2n1.Cc1ccc2ccc3c(-c4nc(-c5ccccc5)cc(-c5ccccc5)n4)cc(C)nc3c2n1. The number of aryl methyl sites for hydroxylation is 6. The van der Waals surface area contributed by atoms with Crippen LogP contribution in [0.15, 0.2) is 388 Å². The van der Waals surface area contributed by atoms with Gasteiger partial charge in [-0.05, 0) is 136 Å². The van der Waals surface area contributed by atoms with Crippen molar-refractivity contribution in [3.8, 4) is 136 Å². The summed E-state index contributed by atoms with van der Waals surface area (Å²) in [5.74, 6) is 3.87. The first-order valence-electron chi connectivity index (χ1n) is 48.4. The highest BCUT2D eigenvalue weighted by Gasteiger charge is 2.24. The minimum atomic E-state index is 0.228. The number of nitrogens with zero attached hydrogens (tertiary/aromatic N) is 16. The van der Waals surface area contributed by atoms with Gasteiger partial charge in [0, 0.05) is 150 Å². The van der Waals surface area contributed by atoms with E-state index in [-0.39, 0.29) is 5.92 Å². The highest BCUT2D eigenvalue weighted by molar-refractivity contribution is 6.12. The average Bonchev–Trinajstić information content (AvgIpc) is 0.757. The van der Waals surface area contributed by atoms with Crippen molar-refractivity contribution in [1.29, 1.82) is 0 Å². The van der Waals surface area contributed by atoms with Gasteiger partial charge in [0.2, 0.25) is 0 Å². The number of aromatic nitrogens is 16. The Morgan fingerprint density at radius 3 is 0.915 bits per heavy atom. The summed E-state index contributed by atoms with van der Waals surface area (Å²) in [5, 5.41) is 8.45. The zero-order valence-electron chi connectivity index (χ0n) is 80.7. The van der Waals surface area contributed by atoms with Crippen molar-refractivity contribution in [1.82, 2.24) is 79.7 Å². The average molecular weight is 1840 g/mol. The van der Waals surface area contributed by atoms with E-state index in [4.69, 9.17) is 79.7 Å². The van der Waals surface area contributed by atoms with E-state index >= 15 is 0 Å². The number of rotatable bonds is 16. The summed E-state index contributed by atoms with van der Waals surface area (Å²) >= 11 is 0. The smallest absolute Gasteiger partial charge is 0.164 e. The second kappa shape index (κ2) is 40.1. The number of hydrogen-bond donors (Lipinski definition) is 0. The second-order valence-electron chi connectivity index (χ2n) is 36.3. The zero-order chi connectivity index (χ0) is 96.9. The summed E-state index contributed by atoms with van der Waals surface area (Å²) in [6, 6.07) is 133. The molecule has 0 saturated heterocycles. The lowest BCUT2D eigenvalue weighted by Gasteiger charge is -2.15. The standard InChI is InChI=1S/C33H29N5.C32H26N4.C31H23N3.C30H22N4/c1-20(2)27-18-16-22-15-17-25-26(19-28(21(3)4)35-30(25)29(22)34-27)33-37-31(23-11-7-5-8-12-23)36-32(38-33)24-13-9-6-10-14-24;1-3-24-17-15-22-16-18-26-27(19-25(4-2)34-31(26)30(22)33-24)29-20-28(21-11-7-5-8-12-21)35-32(36-29)23-13-9-6-10-14-23;1-20-13-14-24-15-16-26-27(17-21(2)33-31(26)30(24)32-20)29-19-25(22-9-5-3-6-10-22)18-28(34-29)23-11-7-4-8-12-23;1-19-13-14-23-15-16-24-25(17-20(2)32-29(24)28(23)31-19)30-33-26(21-9-5-3-6-10-21)18-27(34-30)22-11-7-4-8-12-22/h5-21H,1-4H3;5-20H,3-4H2,1-2H3;3-19H,1-2H3;3-18H,1-2H3. The molecular weight excluding hydrogens is 1740 g/mol. The van der Waals surface area contributed by atoms with Crippen LogP contribution >= 0.6 is 0 Å². The van der Waals surface area contributed by atoms with Crippen LogP contribution in [0.4, 0.5) is 0 Å².